The van der Waals surface area contributed by atoms with E-state index in [4.69, 9.17) is 0 Å². The van der Waals surface area contributed by atoms with Crippen molar-refractivity contribution in [3.05, 3.63) is 35.4 Å². The Morgan fingerprint density at radius 3 is 2.67 bits per heavy atom. The SMILES string of the molecule is CCN1C(=O)c2ccccc2C(O)C1=O. The molecule has 78 valence electrons. The Balaban J connectivity index is 2.57. The fourth-order valence-electron chi connectivity index (χ4n) is 1.76. The zero-order chi connectivity index (χ0) is 11.0. The topological polar surface area (TPSA) is 57.6 Å². The number of fused-ring (bicyclic) bond motifs is 1. The molecule has 0 saturated carbocycles. The molecule has 4 nitrogen and oxygen atoms in total. The van der Waals surface area contributed by atoms with Crippen LogP contribution < -0.4 is 0 Å². The minimum Gasteiger partial charge on any atom is -0.378 e. The summed E-state index contributed by atoms with van der Waals surface area (Å²) in [5, 5.41) is 9.71. The summed E-state index contributed by atoms with van der Waals surface area (Å²) in [4.78, 5) is 24.4. The molecule has 1 N–H and O–H groups in total. The Morgan fingerprint density at radius 1 is 1.33 bits per heavy atom. The monoisotopic (exact) mass is 205 g/mol. The largest absolute Gasteiger partial charge is 0.378 e. The highest BCUT2D eigenvalue weighted by Crippen LogP contribution is 2.26. The maximum absolute atomic E-state index is 11.8. The van der Waals surface area contributed by atoms with E-state index < -0.39 is 12.0 Å². The van der Waals surface area contributed by atoms with Gasteiger partial charge in [-0.2, -0.15) is 0 Å². The zero-order valence-electron chi connectivity index (χ0n) is 8.30. The molecule has 0 spiro atoms. The summed E-state index contributed by atoms with van der Waals surface area (Å²) in [6.07, 6.45) is -1.21. The first kappa shape index (κ1) is 9.86. The van der Waals surface area contributed by atoms with Crippen LogP contribution in [0.1, 0.15) is 28.9 Å². The highest BCUT2D eigenvalue weighted by molar-refractivity contribution is 6.10. The molecule has 15 heavy (non-hydrogen) atoms. The second-order valence-corrected chi connectivity index (χ2v) is 3.38. The minimum atomic E-state index is -1.21. The van der Waals surface area contributed by atoms with Gasteiger partial charge in [0.15, 0.2) is 6.10 Å². The molecule has 0 saturated heterocycles. The van der Waals surface area contributed by atoms with Crippen molar-refractivity contribution in [1.82, 2.24) is 4.90 Å². The smallest absolute Gasteiger partial charge is 0.262 e. The van der Waals surface area contributed by atoms with Crippen LogP contribution >= 0.6 is 0 Å². The summed E-state index contributed by atoms with van der Waals surface area (Å²) in [7, 11) is 0. The third-order valence-electron chi connectivity index (χ3n) is 2.55. The van der Waals surface area contributed by atoms with Gasteiger partial charge in [-0.15, -0.1) is 0 Å². The molecule has 2 rings (SSSR count). The number of nitrogens with zero attached hydrogens (tertiary/aromatic N) is 1. The van der Waals surface area contributed by atoms with Crippen LogP contribution in [-0.2, 0) is 4.79 Å². The van der Waals surface area contributed by atoms with E-state index in [1.54, 1.807) is 31.2 Å². The number of carbonyl (C=O) groups excluding carboxylic acids is 2. The number of imide groups is 1. The number of amides is 2. The van der Waals surface area contributed by atoms with Crippen molar-refractivity contribution in [3.63, 3.8) is 0 Å². The summed E-state index contributed by atoms with van der Waals surface area (Å²) >= 11 is 0. The van der Waals surface area contributed by atoms with Crippen molar-refractivity contribution in [2.24, 2.45) is 0 Å². The van der Waals surface area contributed by atoms with Crippen LogP contribution in [0.15, 0.2) is 24.3 Å². The number of benzene rings is 1. The molecule has 0 aliphatic carbocycles. The van der Waals surface area contributed by atoms with Gasteiger partial charge in [-0.05, 0) is 13.0 Å². The molecule has 1 aromatic carbocycles. The van der Waals surface area contributed by atoms with Gasteiger partial charge in [-0.1, -0.05) is 18.2 Å². The first-order valence-corrected chi connectivity index (χ1v) is 4.79. The van der Waals surface area contributed by atoms with Gasteiger partial charge < -0.3 is 5.11 Å². The van der Waals surface area contributed by atoms with Crippen molar-refractivity contribution in [3.8, 4) is 0 Å². The molecule has 0 fully saturated rings. The summed E-state index contributed by atoms with van der Waals surface area (Å²) < 4.78 is 0. The predicted molar refractivity (Wildman–Crippen MR) is 53.1 cm³/mol. The van der Waals surface area contributed by atoms with Gasteiger partial charge >= 0.3 is 0 Å². The van der Waals surface area contributed by atoms with Crippen LogP contribution in [-0.4, -0.2) is 28.4 Å². The fourth-order valence-corrected chi connectivity index (χ4v) is 1.76. The van der Waals surface area contributed by atoms with Crippen LogP contribution in [0, 0.1) is 0 Å². The van der Waals surface area contributed by atoms with Gasteiger partial charge in [-0.25, -0.2) is 0 Å². The third-order valence-corrected chi connectivity index (χ3v) is 2.55. The number of rotatable bonds is 1. The molecular weight excluding hydrogens is 194 g/mol. The van der Waals surface area contributed by atoms with E-state index in [0.29, 0.717) is 11.1 Å². The standard InChI is InChI=1S/C11H11NO3/c1-2-12-10(14)8-6-4-3-5-7(8)9(13)11(12)15/h3-6,9,13H,2H2,1H3. The van der Waals surface area contributed by atoms with Gasteiger partial charge in [0.25, 0.3) is 11.8 Å². The zero-order valence-corrected chi connectivity index (χ0v) is 8.30. The molecule has 1 aliphatic rings. The Morgan fingerprint density at radius 2 is 2.00 bits per heavy atom. The van der Waals surface area contributed by atoms with Gasteiger partial charge in [0.05, 0.1) is 0 Å². The van der Waals surface area contributed by atoms with Crippen LogP contribution in [0.3, 0.4) is 0 Å². The van der Waals surface area contributed by atoms with E-state index >= 15 is 0 Å². The average molecular weight is 205 g/mol. The Hall–Kier alpha value is -1.68. The molecular formula is C11H11NO3. The van der Waals surface area contributed by atoms with E-state index in [9.17, 15) is 14.7 Å². The highest BCUT2D eigenvalue weighted by atomic mass is 16.3. The molecule has 1 unspecified atom stereocenters. The number of aliphatic hydroxyl groups excluding tert-OH is 1. The molecule has 1 aromatic rings. The molecule has 1 atom stereocenters. The first-order chi connectivity index (χ1) is 7.16. The molecule has 0 radical (unpaired) electrons. The normalized spacial score (nSPS) is 20.4. The van der Waals surface area contributed by atoms with E-state index in [-0.39, 0.29) is 12.5 Å². The van der Waals surface area contributed by atoms with E-state index in [1.165, 1.54) is 0 Å². The average Bonchev–Trinajstić information content (AvgIpc) is 2.27. The summed E-state index contributed by atoms with van der Waals surface area (Å²) in [6, 6.07) is 6.64. The lowest BCUT2D eigenvalue weighted by Gasteiger charge is -2.28. The Labute approximate surface area is 87.1 Å². The summed E-state index contributed by atoms with van der Waals surface area (Å²) in [5.41, 5.74) is 0.809. The first-order valence-electron chi connectivity index (χ1n) is 4.79. The second-order valence-electron chi connectivity index (χ2n) is 3.38. The van der Waals surface area contributed by atoms with E-state index in [0.717, 1.165) is 4.90 Å². The van der Waals surface area contributed by atoms with Crippen LogP contribution in [0.25, 0.3) is 0 Å². The van der Waals surface area contributed by atoms with Gasteiger partial charge in [0.1, 0.15) is 0 Å². The quantitative estimate of drug-likeness (QED) is 0.687. The van der Waals surface area contributed by atoms with Gasteiger partial charge in [0.2, 0.25) is 0 Å². The lowest BCUT2D eigenvalue weighted by Crippen LogP contribution is -2.44. The molecule has 4 heteroatoms. The van der Waals surface area contributed by atoms with Crippen molar-refractivity contribution < 1.29 is 14.7 Å². The van der Waals surface area contributed by atoms with Crippen molar-refractivity contribution >= 4 is 11.8 Å². The third kappa shape index (κ3) is 1.34. The number of hydrogen-bond donors (Lipinski definition) is 1. The number of hydrogen-bond acceptors (Lipinski definition) is 3. The second kappa shape index (κ2) is 3.47. The minimum absolute atomic E-state index is 0.281. The number of likely N-dealkylation sites (N-methyl/N-ethyl adjacent to an activating group) is 1. The molecule has 1 aliphatic heterocycles. The molecule has 0 aromatic heterocycles. The predicted octanol–water partition coefficient (Wildman–Crippen LogP) is 0.722. The number of carbonyl (C=O) groups is 2. The Kier molecular flexibility index (Phi) is 2.28. The van der Waals surface area contributed by atoms with Crippen LogP contribution in [0.2, 0.25) is 0 Å². The van der Waals surface area contributed by atoms with Crippen molar-refractivity contribution in [1.29, 1.82) is 0 Å². The van der Waals surface area contributed by atoms with Gasteiger partial charge in [0, 0.05) is 17.7 Å². The van der Waals surface area contributed by atoms with Crippen LogP contribution in [0.4, 0.5) is 0 Å². The maximum Gasteiger partial charge on any atom is 0.262 e. The maximum atomic E-state index is 11.8. The summed E-state index contributed by atoms with van der Waals surface area (Å²) in [5.74, 6) is -0.871. The van der Waals surface area contributed by atoms with Crippen LogP contribution in [0.5, 0.6) is 0 Å². The van der Waals surface area contributed by atoms with Gasteiger partial charge in [-0.3, -0.25) is 14.5 Å². The lowest BCUT2D eigenvalue weighted by molar-refractivity contribution is -0.138. The Bertz CT molecular complexity index is 428. The number of aliphatic hydroxyl groups is 1. The fraction of sp³-hybridized carbons (Fsp3) is 0.273. The molecule has 0 bridgehead atoms. The van der Waals surface area contributed by atoms with Crippen molar-refractivity contribution in [2.45, 2.75) is 13.0 Å². The summed E-state index contributed by atoms with van der Waals surface area (Å²) in [6.45, 7) is 1.99. The molecule has 1 heterocycles. The van der Waals surface area contributed by atoms with E-state index in [2.05, 4.69) is 0 Å². The lowest BCUT2D eigenvalue weighted by atomic mass is 9.96. The molecule has 2 amide bonds. The van der Waals surface area contributed by atoms with E-state index in [1.807, 2.05) is 0 Å². The highest BCUT2D eigenvalue weighted by Gasteiger charge is 2.36. The van der Waals surface area contributed by atoms with Crippen molar-refractivity contribution in [2.75, 3.05) is 6.54 Å².